The Morgan fingerprint density at radius 1 is 1.32 bits per heavy atom. The Balaban J connectivity index is 0.00000200. The van der Waals surface area contributed by atoms with E-state index >= 15 is 0 Å². The fourth-order valence-electron chi connectivity index (χ4n) is 2.58. The van der Waals surface area contributed by atoms with Gasteiger partial charge in [0.25, 0.3) is 0 Å². The maximum atomic E-state index is 11.9. The zero-order valence-electron chi connectivity index (χ0n) is 11.6. The largest absolute Gasteiger partial charge is 0.459 e. The summed E-state index contributed by atoms with van der Waals surface area (Å²) in [6, 6.07) is 9.05. The topological polar surface area (TPSA) is 46.5 Å². The quantitative estimate of drug-likeness (QED) is 0.851. The van der Waals surface area contributed by atoms with Crippen molar-refractivity contribution in [2.24, 2.45) is 5.92 Å². The Morgan fingerprint density at radius 2 is 1.89 bits per heavy atom. The summed E-state index contributed by atoms with van der Waals surface area (Å²) in [7, 11) is 0. The first kappa shape index (κ1) is 14.1. The van der Waals surface area contributed by atoms with Crippen LogP contribution in [0.4, 0.5) is 0 Å². The SMILES string of the molecule is CC(C)C1(O)CCC(OC(=O)c2ccccc2)CC1.[HH]. The summed E-state index contributed by atoms with van der Waals surface area (Å²) in [6.07, 6.45) is 2.83. The number of hydrogen-bond acceptors (Lipinski definition) is 3. The van der Waals surface area contributed by atoms with Crippen molar-refractivity contribution < 1.29 is 16.1 Å². The molecule has 1 fully saturated rings. The Kier molecular flexibility index (Phi) is 4.25. The number of benzene rings is 1. The van der Waals surface area contributed by atoms with Crippen molar-refractivity contribution in [2.75, 3.05) is 0 Å². The lowest BCUT2D eigenvalue weighted by Gasteiger charge is -2.38. The molecule has 3 heteroatoms. The Bertz CT molecular complexity index is 423. The predicted octanol–water partition coefficient (Wildman–Crippen LogP) is 3.42. The lowest BCUT2D eigenvalue weighted by molar-refractivity contribution is -0.0691. The van der Waals surface area contributed by atoms with Crippen LogP contribution in [0.1, 0.15) is 51.3 Å². The molecule has 0 aromatic heterocycles. The number of esters is 1. The summed E-state index contributed by atoms with van der Waals surface area (Å²) < 4.78 is 5.50. The van der Waals surface area contributed by atoms with Crippen LogP contribution in [-0.2, 0) is 4.74 Å². The molecule has 0 saturated heterocycles. The average Bonchev–Trinajstić information content (AvgIpc) is 2.42. The summed E-state index contributed by atoms with van der Waals surface area (Å²) >= 11 is 0. The van der Waals surface area contributed by atoms with Crippen LogP contribution in [0.5, 0.6) is 0 Å². The Morgan fingerprint density at radius 3 is 2.42 bits per heavy atom. The van der Waals surface area contributed by atoms with Gasteiger partial charge in [0.05, 0.1) is 11.2 Å². The molecule has 0 heterocycles. The highest BCUT2D eigenvalue weighted by Gasteiger charge is 2.37. The van der Waals surface area contributed by atoms with Crippen LogP contribution in [0, 0.1) is 5.92 Å². The summed E-state index contributed by atoms with van der Waals surface area (Å²) in [5, 5.41) is 10.4. The molecule has 1 aliphatic carbocycles. The second-order valence-corrected chi connectivity index (χ2v) is 5.73. The van der Waals surface area contributed by atoms with Crippen LogP contribution in [0.15, 0.2) is 30.3 Å². The first-order valence-electron chi connectivity index (χ1n) is 7.00. The molecular formula is C16H24O3. The molecule has 1 aromatic carbocycles. The molecule has 0 radical (unpaired) electrons. The number of carbonyl (C=O) groups excluding carboxylic acids is 1. The zero-order chi connectivity index (χ0) is 13.9. The second-order valence-electron chi connectivity index (χ2n) is 5.73. The minimum absolute atomic E-state index is 0. The molecule has 2 rings (SSSR count). The molecule has 0 unspecified atom stereocenters. The van der Waals surface area contributed by atoms with Gasteiger partial charge in [0, 0.05) is 1.43 Å². The van der Waals surface area contributed by atoms with Crippen LogP contribution < -0.4 is 0 Å². The molecule has 1 saturated carbocycles. The molecule has 1 aliphatic rings. The molecule has 106 valence electrons. The van der Waals surface area contributed by atoms with Crippen molar-refractivity contribution in [2.45, 2.75) is 51.2 Å². The lowest BCUT2D eigenvalue weighted by atomic mass is 9.76. The first-order valence-corrected chi connectivity index (χ1v) is 7.00. The molecule has 1 N–H and O–H groups in total. The van der Waals surface area contributed by atoms with Gasteiger partial charge in [0.2, 0.25) is 0 Å². The number of hydrogen-bond donors (Lipinski definition) is 1. The Hall–Kier alpha value is -1.35. The third kappa shape index (κ3) is 3.35. The van der Waals surface area contributed by atoms with Gasteiger partial charge in [-0.05, 0) is 43.7 Å². The second kappa shape index (κ2) is 5.74. The van der Waals surface area contributed by atoms with Crippen LogP contribution in [0.2, 0.25) is 0 Å². The maximum absolute atomic E-state index is 11.9. The van der Waals surface area contributed by atoms with Gasteiger partial charge < -0.3 is 9.84 Å². The molecule has 3 nitrogen and oxygen atoms in total. The van der Waals surface area contributed by atoms with E-state index in [1.807, 2.05) is 32.0 Å². The highest BCUT2D eigenvalue weighted by Crippen LogP contribution is 2.35. The highest BCUT2D eigenvalue weighted by molar-refractivity contribution is 5.89. The van der Waals surface area contributed by atoms with Crippen molar-refractivity contribution in [1.82, 2.24) is 0 Å². The number of ether oxygens (including phenoxy) is 1. The zero-order valence-corrected chi connectivity index (χ0v) is 11.6. The number of rotatable bonds is 3. The summed E-state index contributed by atoms with van der Waals surface area (Å²) in [4.78, 5) is 11.9. The predicted molar refractivity (Wildman–Crippen MR) is 76.0 cm³/mol. The van der Waals surface area contributed by atoms with E-state index in [0.717, 1.165) is 12.8 Å². The van der Waals surface area contributed by atoms with Gasteiger partial charge >= 0.3 is 5.97 Å². The van der Waals surface area contributed by atoms with Crippen LogP contribution in [-0.4, -0.2) is 22.8 Å². The first-order chi connectivity index (χ1) is 9.01. The Labute approximate surface area is 116 Å². The normalized spacial score (nSPS) is 27.3. The van der Waals surface area contributed by atoms with E-state index in [9.17, 15) is 9.90 Å². The van der Waals surface area contributed by atoms with Crippen LogP contribution in [0.3, 0.4) is 0 Å². The van der Waals surface area contributed by atoms with E-state index < -0.39 is 5.60 Å². The number of carbonyl (C=O) groups is 1. The van der Waals surface area contributed by atoms with Gasteiger partial charge in [-0.3, -0.25) is 0 Å². The highest BCUT2D eigenvalue weighted by atomic mass is 16.5. The summed E-state index contributed by atoms with van der Waals surface area (Å²) in [5.41, 5.74) is 0.00235. The van der Waals surface area contributed by atoms with Crippen LogP contribution >= 0.6 is 0 Å². The van der Waals surface area contributed by atoms with Crippen molar-refractivity contribution in [3.8, 4) is 0 Å². The number of aliphatic hydroxyl groups is 1. The molecule has 0 aliphatic heterocycles. The molecule has 19 heavy (non-hydrogen) atoms. The fourth-order valence-corrected chi connectivity index (χ4v) is 2.58. The standard InChI is InChI=1S/C16H22O3.H2/c1-12(2)16(18)10-8-14(9-11-16)19-15(17)13-6-4-3-5-7-13;/h3-7,12,14,18H,8-11H2,1-2H3;1H. The van der Waals surface area contributed by atoms with Gasteiger partial charge in [0.15, 0.2) is 0 Å². The minimum atomic E-state index is -0.588. The maximum Gasteiger partial charge on any atom is 0.338 e. The van der Waals surface area contributed by atoms with E-state index in [1.54, 1.807) is 12.1 Å². The van der Waals surface area contributed by atoms with Gasteiger partial charge in [-0.15, -0.1) is 0 Å². The van der Waals surface area contributed by atoms with E-state index in [0.29, 0.717) is 18.4 Å². The van der Waals surface area contributed by atoms with Gasteiger partial charge in [-0.25, -0.2) is 4.79 Å². The molecular weight excluding hydrogens is 240 g/mol. The minimum Gasteiger partial charge on any atom is -0.459 e. The van der Waals surface area contributed by atoms with Gasteiger partial charge in [0.1, 0.15) is 6.10 Å². The van der Waals surface area contributed by atoms with Gasteiger partial charge in [-0.2, -0.15) is 0 Å². The molecule has 0 atom stereocenters. The summed E-state index contributed by atoms with van der Waals surface area (Å²) in [6.45, 7) is 4.08. The van der Waals surface area contributed by atoms with Crippen LogP contribution in [0.25, 0.3) is 0 Å². The van der Waals surface area contributed by atoms with Crippen molar-refractivity contribution in [3.63, 3.8) is 0 Å². The third-order valence-corrected chi connectivity index (χ3v) is 4.16. The van der Waals surface area contributed by atoms with Crippen molar-refractivity contribution in [1.29, 1.82) is 0 Å². The third-order valence-electron chi connectivity index (χ3n) is 4.16. The van der Waals surface area contributed by atoms with Crippen molar-refractivity contribution >= 4 is 5.97 Å². The van der Waals surface area contributed by atoms with E-state index in [1.165, 1.54) is 0 Å². The summed E-state index contributed by atoms with van der Waals surface area (Å²) in [5.74, 6) is -0.0149. The lowest BCUT2D eigenvalue weighted by Crippen LogP contribution is -2.41. The van der Waals surface area contributed by atoms with E-state index in [2.05, 4.69) is 0 Å². The van der Waals surface area contributed by atoms with E-state index in [4.69, 9.17) is 4.74 Å². The average molecular weight is 264 g/mol. The monoisotopic (exact) mass is 264 g/mol. The van der Waals surface area contributed by atoms with Gasteiger partial charge in [-0.1, -0.05) is 32.0 Å². The molecule has 0 spiro atoms. The van der Waals surface area contributed by atoms with E-state index in [-0.39, 0.29) is 19.4 Å². The fraction of sp³-hybridized carbons (Fsp3) is 0.562. The molecule has 0 bridgehead atoms. The smallest absolute Gasteiger partial charge is 0.338 e. The van der Waals surface area contributed by atoms with Crippen molar-refractivity contribution in [3.05, 3.63) is 35.9 Å². The molecule has 1 aromatic rings. The molecule has 0 amide bonds.